The zero-order valence-electron chi connectivity index (χ0n) is 32.2. The minimum absolute atomic E-state index is 0. The molecule has 6 aliphatic rings. The molecule has 6 atom stereocenters. The fraction of sp³-hybridized carbons (Fsp3) is 0.538. The van der Waals surface area contributed by atoms with Gasteiger partial charge in [-0.2, -0.15) is 0 Å². The normalized spacial score (nSPS) is 23.2. The molecule has 52 heavy (non-hydrogen) atoms. The number of rotatable bonds is 6. The van der Waals surface area contributed by atoms with Crippen molar-refractivity contribution in [3.8, 4) is 17.2 Å². The van der Waals surface area contributed by atoms with Gasteiger partial charge in [0.2, 0.25) is 0 Å². The average molecular weight is 747 g/mol. The third kappa shape index (κ3) is 38.9. The van der Waals surface area contributed by atoms with Gasteiger partial charge in [-0.15, -0.1) is 0 Å². The fourth-order valence-corrected chi connectivity index (χ4v) is 2.72. The zero-order chi connectivity index (χ0) is 37.5. The van der Waals surface area contributed by atoms with E-state index in [-0.39, 0.29) is 70.5 Å². The summed E-state index contributed by atoms with van der Waals surface area (Å²) in [4.78, 5) is 0. The molecule has 0 bridgehead atoms. The molecule has 6 saturated heterocycles. The number of aliphatic hydroxyl groups excluding tert-OH is 3. The van der Waals surface area contributed by atoms with Crippen molar-refractivity contribution in [3.05, 3.63) is 91.0 Å². The molecule has 292 valence electrons. The van der Waals surface area contributed by atoms with Crippen LogP contribution in [-0.4, -0.2) is 127 Å². The predicted octanol–water partition coefficient (Wildman–Crippen LogP) is 2.06. The predicted molar refractivity (Wildman–Crippen MR) is 198 cm³/mol. The van der Waals surface area contributed by atoms with E-state index in [1.807, 2.05) is 18.2 Å². The van der Waals surface area contributed by atoms with Crippen LogP contribution in [0.25, 0.3) is 0 Å². The Kier molecular flexibility index (Phi) is 31.8. The smallest absolute Gasteiger partial charge is 1.00 e. The van der Waals surface area contributed by atoms with Crippen LogP contribution in [0, 0.1) is 0 Å². The van der Waals surface area contributed by atoms with E-state index < -0.39 is 0 Å². The van der Waals surface area contributed by atoms with Crippen molar-refractivity contribution in [2.75, 3.05) is 59.5 Å². The largest absolute Gasteiger partial charge is 1.00 e. The van der Waals surface area contributed by atoms with Crippen molar-refractivity contribution in [1.82, 2.24) is 0 Å². The van der Waals surface area contributed by atoms with Gasteiger partial charge in [-0.05, 0) is 55.7 Å². The molecule has 6 unspecified atom stereocenters. The summed E-state index contributed by atoms with van der Waals surface area (Å²) in [5, 5.41) is 50.1. The Labute approximate surface area is 334 Å². The van der Waals surface area contributed by atoms with Crippen LogP contribution in [0.5, 0.6) is 17.2 Å². The molecular weight excluding hydrogens is 683 g/mol. The van der Waals surface area contributed by atoms with Gasteiger partial charge in [0.05, 0.1) is 77.8 Å². The Morgan fingerprint density at radius 1 is 0.423 bits per heavy atom. The Bertz CT molecular complexity index is 972. The number of phenolic OH excluding ortho intramolecular Hbond substituents is 3. The SMILES string of the molecule is CCC1CO1.CCC1CO1.CCC1CO1.OCC1CO1.OCC1CO1.OCC1CO1.Oc1ccccc1.Oc1ccccc1.Oc1ccccc1.[H-].[HH].[Na+]. The topological polar surface area (TPSA) is 197 Å². The van der Waals surface area contributed by atoms with Crippen molar-refractivity contribution in [2.45, 2.75) is 76.7 Å². The molecule has 3 aromatic rings. The molecule has 0 aliphatic carbocycles. The first-order valence-corrected chi connectivity index (χ1v) is 17.5. The molecule has 0 aromatic heterocycles. The third-order valence-electron chi connectivity index (χ3n) is 6.66. The third-order valence-corrected chi connectivity index (χ3v) is 6.66. The Morgan fingerprint density at radius 3 is 0.635 bits per heavy atom. The van der Waals surface area contributed by atoms with E-state index in [4.69, 9.17) is 44.8 Å². The van der Waals surface area contributed by atoms with Crippen molar-refractivity contribution >= 4 is 0 Å². The van der Waals surface area contributed by atoms with Crippen LogP contribution >= 0.6 is 0 Å². The maximum Gasteiger partial charge on any atom is 1.00 e. The van der Waals surface area contributed by atoms with Gasteiger partial charge in [0.1, 0.15) is 35.6 Å². The molecule has 0 saturated carbocycles. The molecule has 3 aromatic carbocycles. The van der Waals surface area contributed by atoms with E-state index in [0.29, 0.717) is 35.6 Å². The Balaban J connectivity index is -0.000000540. The van der Waals surface area contributed by atoms with Gasteiger partial charge in [-0.1, -0.05) is 75.4 Å². The quantitative estimate of drug-likeness (QED) is 0.159. The first-order chi connectivity index (χ1) is 24.8. The van der Waals surface area contributed by atoms with Crippen LogP contribution in [-0.2, 0) is 28.4 Å². The van der Waals surface area contributed by atoms with Crippen LogP contribution in [0.4, 0.5) is 0 Å². The monoisotopic (exact) mass is 746 g/mol. The molecule has 0 spiro atoms. The molecule has 6 N–H and O–H groups in total. The number of epoxide rings is 6. The summed E-state index contributed by atoms with van der Waals surface area (Å²) in [6, 6.07) is 26.1. The number of aromatic hydroxyl groups is 3. The number of phenols is 3. The molecule has 0 radical (unpaired) electrons. The van der Waals surface area contributed by atoms with Crippen LogP contribution in [0.3, 0.4) is 0 Å². The summed E-state index contributed by atoms with van der Waals surface area (Å²) in [5.74, 6) is 0.965. The Hall–Kier alpha value is -2.30. The maximum atomic E-state index is 8.63. The second kappa shape index (κ2) is 33.3. The molecule has 6 heterocycles. The second-order valence-corrected chi connectivity index (χ2v) is 11.5. The second-order valence-electron chi connectivity index (χ2n) is 11.5. The molecule has 13 heteroatoms. The summed E-state index contributed by atoms with van der Waals surface area (Å²) in [7, 11) is 0. The van der Waals surface area contributed by atoms with Gasteiger partial charge in [0, 0.05) is 1.43 Å². The van der Waals surface area contributed by atoms with Gasteiger partial charge in [0.15, 0.2) is 0 Å². The van der Waals surface area contributed by atoms with Crippen molar-refractivity contribution in [2.24, 2.45) is 0 Å². The minimum atomic E-state index is 0. The standard InChI is InChI=1S/3C6H6O.3C4H8O.3C3H6O2.Na.H2.H/c3*7-6-4-2-1-3-5-6;3*1-2-4-3-5-4;3*4-1-3-2-5-3;;;/h3*1-5,7H;3*4H,2-3H2,1H3;3*3-4H,1-2H2;;1H;/q;;;;;;;;;+1;;-1. The van der Waals surface area contributed by atoms with E-state index in [1.165, 1.54) is 19.3 Å². The first-order valence-electron chi connectivity index (χ1n) is 17.5. The van der Waals surface area contributed by atoms with Gasteiger partial charge >= 0.3 is 29.6 Å². The van der Waals surface area contributed by atoms with E-state index in [2.05, 4.69) is 35.0 Å². The minimum Gasteiger partial charge on any atom is -1.00 e. The van der Waals surface area contributed by atoms with Crippen molar-refractivity contribution < 1.29 is 91.5 Å². The number of hydrogen-bond acceptors (Lipinski definition) is 12. The Morgan fingerprint density at radius 2 is 0.596 bits per heavy atom. The van der Waals surface area contributed by atoms with E-state index >= 15 is 0 Å². The molecule has 6 fully saturated rings. The summed E-state index contributed by atoms with van der Waals surface area (Å²) < 4.78 is 28.4. The van der Waals surface area contributed by atoms with Crippen molar-refractivity contribution in [3.63, 3.8) is 0 Å². The van der Waals surface area contributed by atoms with Crippen LogP contribution in [0.1, 0.15) is 42.9 Å². The fourth-order valence-electron chi connectivity index (χ4n) is 2.72. The van der Waals surface area contributed by atoms with Crippen LogP contribution in [0.15, 0.2) is 91.0 Å². The van der Waals surface area contributed by atoms with Gasteiger partial charge in [-0.25, -0.2) is 0 Å². The number of hydrogen-bond donors (Lipinski definition) is 6. The van der Waals surface area contributed by atoms with E-state index in [9.17, 15) is 0 Å². The number of ether oxygens (including phenoxy) is 6. The van der Waals surface area contributed by atoms with E-state index in [1.54, 1.807) is 72.8 Å². The first kappa shape index (κ1) is 49.7. The van der Waals surface area contributed by atoms with Crippen LogP contribution < -0.4 is 29.6 Å². The molecular formula is C39H63NaO12. The molecule has 6 aliphatic heterocycles. The summed E-state index contributed by atoms with van der Waals surface area (Å²) in [6.45, 7) is 12.3. The number of aliphatic hydroxyl groups is 3. The molecule has 0 amide bonds. The van der Waals surface area contributed by atoms with Crippen LogP contribution in [0.2, 0.25) is 0 Å². The van der Waals surface area contributed by atoms with Crippen molar-refractivity contribution in [1.29, 1.82) is 0 Å². The van der Waals surface area contributed by atoms with Gasteiger partial charge < -0.3 is 60.5 Å². The number of para-hydroxylation sites is 3. The molecule has 12 nitrogen and oxygen atoms in total. The maximum absolute atomic E-state index is 8.63. The summed E-state index contributed by atoms with van der Waals surface area (Å²) in [6.07, 6.45) is 6.06. The summed E-state index contributed by atoms with van der Waals surface area (Å²) >= 11 is 0. The van der Waals surface area contributed by atoms with Gasteiger partial charge in [0.25, 0.3) is 0 Å². The van der Waals surface area contributed by atoms with Gasteiger partial charge in [-0.3, -0.25) is 0 Å². The summed E-state index contributed by atoms with van der Waals surface area (Å²) in [5.41, 5.74) is 0. The number of benzene rings is 3. The zero-order valence-corrected chi connectivity index (χ0v) is 33.2. The van der Waals surface area contributed by atoms with E-state index in [0.717, 1.165) is 39.6 Å². The molecule has 9 rings (SSSR count). The average Bonchev–Trinajstić information content (AvgIpc) is 3.99.